The standard InChI is InChI=1S/C15H23NO2/c1-11(2)18-13-8-6-7-12(9-13)14(17)10-16-15(3,4)5/h6-9,11,16H,10H2,1-5H3. The third kappa shape index (κ3) is 5.32. The second kappa shape index (κ2) is 6.01. The Morgan fingerprint density at radius 3 is 2.56 bits per heavy atom. The fraction of sp³-hybridized carbons (Fsp3) is 0.533. The van der Waals surface area contributed by atoms with Gasteiger partial charge in [0, 0.05) is 11.1 Å². The molecule has 0 unspecified atom stereocenters. The minimum absolute atomic E-state index is 0.0539. The van der Waals surface area contributed by atoms with Crippen LogP contribution in [-0.2, 0) is 0 Å². The van der Waals surface area contributed by atoms with Crippen LogP contribution in [0.5, 0.6) is 5.75 Å². The molecule has 0 amide bonds. The molecular formula is C15H23NO2. The van der Waals surface area contributed by atoms with Crippen molar-refractivity contribution in [2.45, 2.75) is 46.3 Å². The quantitative estimate of drug-likeness (QED) is 0.815. The summed E-state index contributed by atoms with van der Waals surface area (Å²) in [5, 5.41) is 3.19. The van der Waals surface area contributed by atoms with E-state index in [9.17, 15) is 4.79 Å². The summed E-state index contributed by atoms with van der Waals surface area (Å²) < 4.78 is 5.58. The smallest absolute Gasteiger partial charge is 0.176 e. The average molecular weight is 249 g/mol. The van der Waals surface area contributed by atoms with Crippen LogP contribution in [0.2, 0.25) is 0 Å². The van der Waals surface area contributed by atoms with Crippen molar-refractivity contribution in [1.82, 2.24) is 5.32 Å². The van der Waals surface area contributed by atoms with E-state index in [1.54, 1.807) is 6.07 Å². The van der Waals surface area contributed by atoms with Crippen LogP contribution < -0.4 is 10.1 Å². The van der Waals surface area contributed by atoms with Crippen molar-refractivity contribution in [3.8, 4) is 5.75 Å². The van der Waals surface area contributed by atoms with Crippen molar-refractivity contribution >= 4 is 5.78 Å². The molecule has 1 aromatic rings. The van der Waals surface area contributed by atoms with E-state index in [1.165, 1.54) is 0 Å². The minimum atomic E-state index is -0.0539. The maximum absolute atomic E-state index is 12.0. The van der Waals surface area contributed by atoms with Crippen LogP contribution in [-0.4, -0.2) is 24.0 Å². The summed E-state index contributed by atoms with van der Waals surface area (Å²) in [6.07, 6.45) is 0.114. The molecule has 0 radical (unpaired) electrons. The molecule has 3 nitrogen and oxygen atoms in total. The second-order valence-electron chi connectivity index (χ2n) is 5.72. The van der Waals surface area contributed by atoms with Crippen LogP contribution >= 0.6 is 0 Å². The van der Waals surface area contributed by atoms with Gasteiger partial charge in [-0.2, -0.15) is 0 Å². The third-order valence-electron chi connectivity index (χ3n) is 2.31. The lowest BCUT2D eigenvalue weighted by molar-refractivity contribution is 0.0981. The topological polar surface area (TPSA) is 38.3 Å². The minimum Gasteiger partial charge on any atom is -0.491 e. The molecule has 0 aliphatic rings. The first-order chi connectivity index (χ1) is 8.28. The van der Waals surface area contributed by atoms with Crippen molar-refractivity contribution in [2.75, 3.05) is 6.54 Å². The summed E-state index contributed by atoms with van der Waals surface area (Å²) >= 11 is 0. The zero-order valence-corrected chi connectivity index (χ0v) is 11.9. The highest BCUT2D eigenvalue weighted by atomic mass is 16.5. The van der Waals surface area contributed by atoms with Gasteiger partial charge < -0.3 is 10.1 Å². The first-order valence-electron chi connectivity index (χ1n) is 6.33. The molecule has 100 valence electrons. The molecule has 0 aliphatic heterocycles. The van der Waals surface area contributed by atoms with E-state index in [4.69, 9.17) is 4.74 Å². The molecular weight excluding hydrogens is 226 g/mol. The zero-order valence-electron chi connectivity index (χ0n) is 11.9. The predicted octanol–water partition coefficient (Wildman–Crippen LogP) is 3.04. The molecule has 0 fully saturated rings. The number of rotatable bonds is 5. The lowest BCUT2D eigenvalue weighted by atomic mass is 10.1. The molecule has 0 aliphatic carbocycles. The Bertz CT molecular complexity index is 405. The largest absolute Gasteiger partial charge is 0.491 e. The van der Waals surface area contributed by atoms with Crippen molar-refractivity contribution in [3.05, 3.63) is 29.8 Å². The van der Waals surface area contributed by atoms with E-state index in [2.05, 4.69) is 5.32 Å². The number of carbonyl (C=O) groups is 1. The molecule has 0 bridgehead atoms. The lowest BCUT2D eigenvalue weighted by Gasteiger charge is -2.20. The van der Waals surface area contributed by atoms with E-state index in [0.717, 1.165) is 5.75 Å². The van der Waals surface area contributed by atoms with Crippen molar-refractivity contribution in [3.63, 3.8) is 0 Å². The summed E-state index contributed by atoms with van der Waals surface area (Å²) in [4.78, 5) is 12.0. The van der Waals surface area contributed by atoms with Gasteiger partial charge >= 0.3 is 0 Å². The fourth-order valence-electron chi connectivity index (χ4n) is 1.46. The van der Waals surface area contributed by atoms with Crippen LogP contribution in [0.3, 0.4) is 0 Å². The Labute approximate surface area is 110 Å². The normalized spacial score (nSPS) is 11.7. The Morgan fingerprint density at radius 1 is 1.33 bits per heavy atom. The number of hydrogen-bond acceptors (Lipinski definition) is 3. The summed E-state index contributed by atoms with van der Waals surface area (Å²) in [5.41, 5.74) is 0.631. The highest BCUT2D eigenvalue weighted by Crippen LogP contribution is 2.15. The summed E-state index contributed by atoms with van der Waals surface area (Å²) in [5.74, 6) is 0.825. The van der Waals surface area contributed by atoms with Crippen molar-refractivity contribution in [2.24, 2.45) is 0 Å². The van der Waals surface area contributed by atoms with Crippen LogP contribution in [0, 0.1) is 0 Å². The van der Waals surface area contributed by atoms with E-state index < -0.39 is 0 Å². The van der Waals surface area contributed by atoms with E-state index in [1.807, 2.05) is 52.8 Å². The molecule has 0 aromatic heterocycles. The van der Waals surface area contributed by atoms with Crippen molar-refractivity contribution in [1.29, 1.82) is 0 Å². The van der Waals surface area contributed by atoms with Crippen LogP contribution in [0.1, 0.15) is 45.0 Å². The Hall–Kier alpha value is -1.35. The van der Waals surface area contributed by atoms with Gasteiger partial charge in [0.1, 0.15) is 5.75 Å². The number of benzene rings is 1. The first-order valence-corrected chi connectivity index (χ1v) is 6.33. The molecule has 1 rings (SSSR count). The number of ether oxygens (including phenoxy) is 1. The molecule has 0 saturated heterocycles. The van der Waals surface area contributed by atoms with Gasteiger partial charge in [-0.15, -0.1) is 0 Å². The van der Waals surface area contributed by atoms with Gasteiger partial charge in [0.15, 0.2) is 5.78 Å². The van der Waals surface area contributed by atoms with Gasteiger partial charge in [0.25, 0.3) is 0 Å². The van der Waals surface area contributed by atoms with Crippen LogP contribution in [0.4, 0.5) is 0 Å². The maximum atomic E-state index is 12.0. The monoisotopic (exact) mass is 249 g/mol. The molecule has 18 heavy (non-hydrogen) atoms. The molecule has 0 saturated carbocycles. The zero-order chi connectivity index (χ0) is 13.8. The predicted molar refractivity (Wildman–Crippen MR) is 74.3 cm³/mol. The lowest BCUT2D eigenvalue weighted by Crippen LogP contribution is -2.39. The highest BCUT2D eigenvalue weighted by molar-refractivity contribution is 5.98. The number of hydrogen-bond donors (Lipinski definition) is 1. The molecule has 0 spiro atoms. The number of nitrogens with one attached hydrogen (secondary N) is 1. The van der Waals surface area contributed by atoms with E-state index in [-0.39, 0.29) is 17.4 Å². The van der Waals surface area contributed by atoms with Gasteiger partial charge in [-0.3, -0.25) is 4.79 Å². The average Bonchev–Trinajstić information content (AvgIpc) is 2.24. The Kier molecular flexibility index (Phi) is 4.91. The highest BCUT2D eigenvalue weighted by Gasteiger charge is 2.13. The summed E-state index contributed by atoms with van der Waals surface area (Å²) in [6.45, 7) is 10.4. The molecule has 0 atom stereocenters. The van der Waals surface area contributed by atoms with Gasteiger partial charge in [0.05, 0.1) is 12.6 Å². The molecule has 0 heterocycles. The summed E-state index contributed by atoms with van der Waals surface area (Å²) in [7, 11) is 0. The van der Waals surface area contributed by atoms with Gasteiger partial charge in [-0.25, -0.2) is 0 Å². The SMILES string of the molecule is CC(C)Oc1cccc(C(=O)CNC(C)(C)C)c1. The van der Waals surface area contributed by atoms with Crippen LogP contribution in [0.15, 0.2) is 24.3 Å². The Balaban J connectivity index is 2.68. The third-order valence-corrected chi connectivity index (χ3v) is 2.31. The first kappa shape index (κ1) is 14.7. The number of carbonyl (C=O) groups excluding carboxylic acids is 1. The van der Waals surface area contributed by atoms with Gasteiger partial charge in [-0.05, 0) is 46.8 Å². The van der Waals surface area contributed by atoms with E-state index >= 15 is 0 Å². The van der Waals surface area contributed by atoms with E-state index in [0.29, 0.717) is 12.1 Å². The van der Waals surface area contributed by atoms with Crippen molar-refractivity contribution < 1.29 is 9.53 Å². The van der Waals surface area contributed by atoms with Gasteiger partial charge in [0.2, 0.25) is 0 Å². The fourth-order valence-corrected chi connectivity index (χ4v) is 1.46. The second-order valence-corrected chi connectivity index (χ2v) is 5.72. The van der Waals surface area contributed by atoms with Crippen LogP contribution in [0.25, 0.3) is 0 Å². The Morgan fingerprint density at radius 2 is 2.00 bits per heavy atom. The van der Waals surface area contributed by atoms with Gasteiger partial charge in [-0.1, -0.05) is 12.1 Å². The molecule has 1 N–H and O–H groups in total. The number of ketones is 1. The summed E-state index contributed by atoms with van der Waals surface area (Å²) in [6, 6.07) is 7.34. The number of Topliss-reactive ketones (excluding diaryl/α,β-unsaturated/α-hetero) is 1. The molecule has 1 aromatic carbocycles. The maximum Gasteiger partial charge on any atom is 0.176 e. The molecule has 3 heteroatoms.